The molecule has 0 atom stereocenters. The molecule has 3 heteroatoms. The van der Waals surface area contributed by atoms with Gasteiger partial charge in [0.2, 0.25) is 0 Å². The molecule has 1 amide bonds. The van der Waals surface area contributed by atoms with E-state index in [4.69, 9.17) is 11.6 Å². The Morgan fingerprint density at radius 2 is 1.75 bits per heavy atom. The molecule has 0 bridgehead atoms. The molecule has 0 unspecified atom stereocenters. The summed E-state index contributed by atoms with van der Waals surface area (Å²) in [4.78, 5) is 14.6. The number of para-hydroxylation sites is 1. The fraction of sp³-hybridized carbons (Fsp3) is 0.235. The van der Waals surface area contributed by atoms with Crippen molar-refractivity contribution in [3.05, 3.63) is 64.7 Å². The van der Waals surface area contributed by atoms with Gasteiger partial charge >= 0.3 is 0 Å². The van der Waals surface area contributed by atoms with Crippen molar-refractivity contribution in [3.63, 3.8) is 0 Å². The van der Waals surface area contributed by atoms with Gasteiger partial charge in [-0.25, -0.2) is 0 Å². The van der Waals surface area contributed by atoms with Gasteiger partial charge in [0.15, 0.2) is 0 Å². The van der Waals surface area contributed by atoms with Gasteiger partial charge in [0, 0.05) is 22.3 Å². The van der Waals surface area contributed by atoms with E-state index in [1.54, 1.807) is 17.0 Å². The molecule has 0 aliphatic heterocycles. The Bertz CT molecular complexity index is 608. The summed E-state index contributed by atoms with van der Waals surface area (Å²) in [6.45, 7) is 5.93. The lowest BCUT2D eigenvalue weighted by atomic mass is 10.1. The summed E-state index contributed by atoms with van der Waals surface area (Å²) in [5.41, 5.74) is 2.48. The van der Waals surface area contributed by atoms with Crippen LogP contribution in [0.4, 0.5) is 5.69 Å². The highest BCUT2D eigenvalue weighted by Gasteiger charge is 2.21. The zero-order chi connectivity index (χ0) is 14.7. The minimum absolute atomic E-state index is 0.000340. The fourth-order valence-electron chi connectivity index (χ4n) is 2.24. The Hall–Kier alpha value is -1.80. The van der Waals surface area contributed by atoms with Crippen LogP contribution in [0.5, 0.6) is 0 Å². The topological polar surface area (TPSA) is 20.3 Å². The molecule has 2 nitrogen and oxygen atoms in total. The Kier molecular flexibility index (Phi) is 4.46. The highest BCUT2D eigenvalue weighted by molar-refractivity contribution is 6.30. The van der Waals surface area contributed by atoms with Crippen LogP contribution in [0.15, 0.2) is 48.5 Å². The number of hydrogen-bond donors (Lipinski definition) is 0. The zero-order valence-electron chi connectivity index (χ0n) is 11.9. The number of rotatable bonds is 3. The number of nitrogens with zero attached hydrogens (tertiary/aromatic N) is 1. The van der Waals surface area contributed by atoms with E-state index in [1.165, 1.54) is 0 Å². The predicted octanol–water partition coefficient (Wildman–Crippen LogP) is 4.70. The van der Waals surface area contributed by atoms with Crippen molar-refractivity contribution in [1.82, 2.24) is 0 Å². The van der Waals surface area contributed by atoms with Crippen molar-refractivity contribution >= 4 is 23.2 Å². The maximum Gasteiger partial charge on any atom is 0.258 e. The average Bonchev–Trinajstić information content (AvgIpc) is 2.39. The summed E-state index contributed by atoms with van der Waals surface area (Å²) >= 11 is 5.96. The van der Waals surface area contributed by atoms with Crippen LogP contribution >= 0.6 is 11.6 Å². The van der Waals surface area contributed by atoms with Gasteiger partial charge in [-0.15, -0.1) is 0 Å². The van der Waals surface area contributed by atoms with E-state index in [0.29, 0.717) is 10.6 Å². The van der Waals surface area contributed by atoms with Crippen LogP contribution in [0.3, 0.4) is 0 Å². The molecule has 104 valence electrons. The summed E-state index contributed by atoms with van der Waals surface area (Å²) < 4.78 is 0. The quantitative estimate of drug-likeness (QED) is 0.801. The normalized spacial score (nSPS) is 10.7. The van der Waals surface area contributed by atoms with Crippen molar-refractivity contribution < 1.29 is 4.79 Å². The van der Waals surface area contributed by atoms with Crippen LogP contribution in [-0.2, 0) is 0 Å². The molecule has 0 aromatic heterocycles. The van der Waals surface area contributed by atoms with E-state index in [0.717, 1.165) is 11.3 Å². The lowest BCUT2D eigenvalue weighted by Gasteiger charge is -2.27. The molecular weight excluding hydrogens is 270 g/mol. The molecule has 0 aliphatic carbocycles. The maximum absolute atomic E-state index is 12.8. The SMILES string of the molecule is Cc1cc(Cl)ccc1C(=O)N(c1ccccc1)C(C)C. The first-order valence-corrected chi connectivity index (χ1v) is 7.03. The van der Waals surface area contributed by atoms with Crippen molar-refractivity contribution in [2.45, 2.75) is 26.8 Å². The lowest BCUT2D eigenvalue weighted by Crippen LogP contribution is -2.37. The third kappa shape index (κ3) is 3.02. The summed E-state index contributed by atoms with van der Waals surface area (Å²) in [6, 6.07) is 15.2. The number of carbonyl (C=O) groups excluding carboxylic acids is 1. The highest BCUT2D eigenvalue weighted by Crippen LogP contribution is 2.22. The lowest BCUT2D eigenvalue weighted by molar-refractivity contribution is 0.0979. The third-order valence-corrected chi connectivity index (χ3v) is 3.42. The number of halogens is 1. The van der Waals surface area contributed by atoms with Gasteiger partial charge in [0.1, 0.15) is 0 Å². The summed E-state index contributed by atoms with van der Waals surface area (Å²) in [7, 11) is 0. The molecule has 2 aromatic rings. The molecule has 0 spiro atoms. The smallest absolute Gasteiger partial charge is 0.258 e. The molecule has 0 fully saturated rings. The van der Waals surface area contributed by atoms with Crippen LogP contribution in [-0.4, -0.2) is 11.9 Å². The molecule has 0 saturated carbocycles. The van der Waals surface area contributed by atoms with Gasteiger partial charge in [-0.05, 0) is 56.7 Å². The summed E-state index contributed by atoms with van der Waals surface area (Å²) in [5.74, 6) is 0.000340. The zero-order valence-corrected chi connectivity index (χ0v) is 12.7. The van der Waals surface area contributed by atoms with E-state index < -0.39 is 0 Å². The average molecular weight is 288 g/mol. The van der Waals surface area contributed by atoms with E-state index >= 15 is 0 Å². The van der Waals surface area contributed by atoms with Crippen LogP contribution in [0.25, 0.3) is 0 Å². The Balaban J connectivity index is 2.42. The molecule has 0 N–H and O–H groups in total. The number of aryl methyl sites for hydroxylation is 1. The van der Waals surface area contributed by atoms with E-state index in [-0.39, 0.29) is 11.9 Å². The minimum Gasteiger partial charge on any atom is -0.306 e. The van der Waals surface area contributed by atoms with E-state index in [2.05, 4.69) is 0 Å². The van der Waals surface area contributed by atoms with E-state index in [9.17, 15) is 4.79 Å². The number of amides is 1. The van der Waals surface area contributed by atoms with Crippen molar-refractivity contribution in [1.29, 1.82) is 0 Å². The maximum atomic E-state index is 12.8. The Morgan fingerprint density at radius 1 is 1.10 bits per heavy atom. The summed E-state index contributed by atoms with van der Waals surface area (Å²) in [5, 5.41) is 0.648. The highest BCUT2D eigenvalue weighted by atomic mass is 35.5. The van der Waals surface area contributed by atoms with Gasteiger partial charge in [-0.3, -0.25) is 4.79 Å². The summed E-state index contributed by atoms with van der Waals surface area (Å²) in [6.07, 6.45) is 0. The fourth-order valence-corrected chi connectivity index (χ4v) is 2.46. The molecule has 20 heavy (non-hydrogen) atoms. The minimum atomic E-state index is 0.000340. The van der Waals surface area contributed by atoms with Crippen LogP contribution in [0, 0.1) is 6.92 Å². The molecule has 2 aromatic carbocycles. The third-order valence-electron chi connectivity index (χ3n) is 3.19. The van der Waals surface area contributed by atoms with Crippen molar-refractivity contribution in [2.75, 3.05) is 4.90 Å². The number of benzene rings is 2. The van der Waals surface area contributed by atoms with E-state index in [1.807, 2.05) is 57.2 Å². The molecular formula is C17H18ClNO. The van der Waals surface area contributed by atoms with Gasteiger partial charge < -0.3 is 4.90 Å². The van der Waals surface area contributed by atoms with Gasteiger partial charge in [0.25, 0.3) is 5.91 Å². The van der Waals surface area contributed by atoms with Gasteiger partial charge in [0.05, 0.1) is 0 Å². The van der Waals surface area contributed by atoms with Crippen molar-refractivity contribution in [2.24, 2.45) is 0 Å². The van der Waals surface area contributed by atoms with Gasteiger partial charge in [-0.1, -0.05) is 29.8 Å². The first-order chi connectivity index (χ1) is 9.50. The number of hydrogen-bond acceptors (Lipinski definition) is 1. The van der Waals surface area contributed by atoms with Crippen LogP contribution < -0.4 is 4.90 Å². The number of anilines is 1. The predicted molar refractivity (Wildman–Crippen MR) is 84.6 cm³/mol. The molecule has 0 aliphatic rings. The monoisotopic (exact) mass is 287 g/mol. The Morgan fingerprint density at radius 3 is 2.30 bits per heavy atom. The first-order valence-electron chi connectivity index (χ1n) is 6.65. The van der Waals surface area contributed by atoms with Gasteiger partial charge in [-0.2, -0.15) is 0 Å². The Labute approximate surface area is 125 Å². The number of carbonyl (C=O) groups is 1. The standard InChI is InChI=1S/C17H18ClNO/c1-12(2)19(15-7-5-4-6-8-15)17(20)16-10-9-14(18)11-13(16)3/h4-12H,1-3H3. The molecule has 0 saturated heterocycles. The molecule has 2 rings (SSSR count). The molecule has 0 radical (unpaired) electrons. The second-order valence-corrected chi connectivity index (χ2v) is 5.50. The molecule has 0 heterocycles. The second-order valence-electron chi connectivity index (χ2n) is 5.06. The van der Waals surface area contributed by atoms with Crippen LogP contribution in [0.1, 0.15) is 29.8 Å². The van der Waals surface area contributed by atoms with Crippen molar-refractivity contribution in [3.8, 4) is 0 Å². The largest absolute Gasteiger partial charge is 0.306 e. The first kappa shape index (κ1) is 14.6. The second kappa shape index (κ2) is 6.10. The van der Waals surface area contributed by atoms with Crippen LogP contribution in [0.2, 0.25) is 5.02 Å².